The van der Waals surface area contributed by atoms with Crippen molar-refractivity contribution in [3.63, 3.8) is 0 Å². The van der Waals surface area contributed by atoms with E-state index >= 15 is 0 Å². The van der Waals surface area contributed by atoms with Crippen molar-refractivity contribution in [1.29, 1.82) is 0 Å². The Kier molecular flexibility index (Phi) is 3.62. The van der Waals surface area contributed by atoms with Crippen LogP contribution in [0.25, 0.3) is 0 Å². The number of ketones is 1. The molecule has 0 aromatic heterocycles. The van der Waals surface area contributed by atoms with Gasteiger partial charge in [-0.25, -0.2) is 0 Å². The van der Waals surface area contributed by atoms with Crippen LogP contribution in [-0.4, -0.2) is 12.9 Å². The minimum atomic E-state index is 0.249. The van der Waals surface area contributed by atoms with E-state index in [-0.39, 0.29) is 5.78 Å². The average Bonchev–Trinajstić information content (AvgIpc) is 2.36. The molecule has 0 spiro atoms. The number of carbonyl (C=O) groups is 1. The molecule has 1 aromatic rings. The number of rotatable bonds is 4. The van der Waals surface area contributed by atoms with Crippen molar-refractivity contribution >= 4 is 5.78 Å². The molecule has 17 heavy (non-hydrogen) atoms. The monoisotopic (exact) mass is 230 g/mol. The maximum absolute atomic E-state index is 12.0. The van der Waals surface area contributed by atoms with Gasteiger partial charge in [0.15, 0.2) is 5.78 Å². The second kappa shape index (κ2) is 5.17. The molecule has 1 unspecified atom stereocenters. The van der Waals surface area contributed by atoms with E-state index in [1.165, 1.54) is 0 Å². The van der Waals surface area contributed by atoms with Crippen LogP contribution in [0.2, 0.25) is 0 Å². The molecule has 0 saturated heterocycles. The normalized spacial score (nSPS) is 18.6. The Bertz CT molecular complexity index is 435. The summed E-state index contributed by atoms with van der Waals surface area (Å²) in [4.78, 5) is 12.0. The van der Waals surface area contributed by atoms with Gasteiger partial charge in [-0.1, -0.05) is 12.1 Å². The molecule has 2 rings (SSSR count). The van der Waals surface area contributed by atoms with Gasteiger partial charge < -0.3 is 4.74 Å². The van der Waals surface area contributed by atoms with Gasteiger partial charge in [0.05, 0.1) is 7.11 Å². The molecule has 0 radical (unpaired) electrons. The molecule has 1 aliphatic rings. The zero-order valence-corrected chi connectivity index (χ0v) is 10.2. The summed E-state index contributed by atoms with van der Waals surface area (Å²) in [5.74, 6) is 1.49. The van der Waals surface area contributed by atoms with Gasteiger partial charge in [0, 0.05) is 12.0 Å². The Morgan fingerprint density at radius 2 is 2.29 bits per heavy atom. The minimum absolute atomic E-state index is 0.249. The topological polar surface area (TPSA) is 26.3 Å². The lowest BCUT2D eigenvalue weighted by Gasteiger charge is -2.23. The number of benzene rings is 1. The van der Waals surface area contributed by atoms with Gasteiger partial charge in [-0.05, 0) is 42.9 Å². The highest BCUT2D eigenvalue weighted by Crippen LogP contribution is 2.30. The van der Waals surface area contributed by atoms with Crippen LogP contribution in [0.3, 0.4) is 0 Å². The number of Topliss-reactive ketones (excluding diaryl/α,β-unsaturated/α-hetero) is 1. The Labute approximate surface area is 102 Å². The smallest absolute Gasteiger partial charge is 0.163 e. The van der Waals surface area contributed by atoms with E-state index in [0.717, 1.165) is 36.1 Å². The number of fused-ring (bicyclic) bond motifs is 1. The first-order valence-corrected chi connectivity index (χ1v) is 6.05. The summed E-state index contributed by atoms with van der Waals surface area (Å²) in [5.41, 5.74) is 2.01. The molecule has 0 N–H and O–H groups in total. The quantitative estimate of drug-likeness (QED) is 0.741. The van der Waals surface area contributed by atoms with E-state index in [2.05, 4.69) is 6.58 Å². The third-order valence-corrected chi connectivity index (χ3v) is 3.38. The Morgan fingerprint density at radius 1 is 1.47 bits per heavy atom. The molecule has 90 valence electrons. The van der Waals surface area contributed by atoms with E-state index in [1.807, 2.05) is 24.3 Å². The molecule has 0 bridgehead atoms. The molecule has 1 atom stereocenters. The first-order valence-electron chi connectivity index (χ1n) is 6.05. The van der Waals surface area contributed by atoms with Crippen LogP contribution in [0.15, 0.2) is 30.9 Å². The fourth-order valence-electron chi connectivity index (χ4n) is 2.43. The maximum atomic E-state index is 12.0. The van der Waals surface area contributed by atoms with Crippen LogP contribution in [-0.2, 0) is 6.42 Å². The van der Waals surface area contributed by atoms with Crippen molar-refractivity contribution in [2.75, 3.05) is 7.11 Å². The van der Waals surface area contributed by atoms with Gasteiger partial charge >= 0.3 is 0 Å². The number of carbonyl (C=O) groups excluding carboxylic acids is 1. The van der Waals surface area contributed by atoms with Crippen LogP contribution >= 0.6 is 0 Å². The van der Waals surface area contributed by atoms with E-state index in [0.29, 0.717) is 12.3 Å². The Hall–Kier alpha value is -1.57. The summed E-state index contributed by atoms with van der Waals surface area (Å²) < 4.78 is 5.15. The average molecular weight is 230 g/mol. The highest BCUT2D eigenvalue weighted by atomic mass is 16.5. The largest absolute Gasteiger partial charge is 0.497 e. The third kappa shape index (κ3) is 2.57. The standard InChI is InChI=1S/C15H18O2/c1-3-4-5-11-8-12-6-7-13(17-2)10-14(12)15(16)9-11/h3,6-7,10-11H,1,4-5,8-9H2,2H3. The van der Waals surface area contributed by atoms with Crippen molar-refractivity contribution in [3.8, 4) is 5.75 Å². The van der Waals surface area contributed by atoms with Crippen molar-refractivity contribution < 1.29 is 9.53 Å². The molecule has 2 nitrogen and oxygen atoms in total. The summed E-state index contributed by atoms with van der Waals surface area (Å²) >= 11 is 0. The molecule has 0 heterocycles. The van der Waals surface area contributed by atoms with Crippen LogP contribution in [0, 0.1) is 5.92 Å². The summed E-state index contributed by atoms with van der Waals surface area (Å²) in [7, 11) is 1.63. The van der Waals surface area contributed by atoms with Crippen LogP contribution < -0.4 is 4.74 Å². The molecule has 2 heteroatoms. The lowest BCUT2D eigenvalue weighted by molar-refractivity contribution is 0.0946. The van der Waals surface area contributed by atoms with Crippen molar-refractivity contribution in [2.24, 2.45) is 5.92 Å². The van der Waals surface area contributed by atoms with Crippen molar-refractivity contribution in [3.05, 3.63) is 42.0 Å². The van der Waals surface area contributed by atoms with Gasteiger partial charge in [-0.15, -0.1) is 6.58 Å². The van der Waals surface area contributed by atoms with Crippen molar-refractivity contribution in [1.82, 2.24) is 0 Å². The fourth-order valence-corrected chi connectivity index (χ4v) is 2.43. The van der Waals surface area contributed by atoms with Crippen LogP contribution in [0.1, 0.15) is 35.2 Å². The lowest BCUT2D eigenvalue weighted by Crippen LogP contribution is -2.20. The number of hydrogen-bond acceptors (Lipinski definition) is 2. The minimum Gasteiger partial charge on any atom is -0.497 e. The molecule has 0 aliphatic heterocycles. The van der Waals surface area contributed by atoms with Gasteiger partial charge in [-0.3, -0.25) is 4.79 Å². The highest BCUT2D eigenvalue weighted by Gasteiger charge is 2.24. The van der Waals surface area contributed by atoms with E-state index in [9.17, 15) is 4.79 Å². The second-order valence-electron chi connectivity index (χ2n) is 4.59. The van der Waals surface area contributed by atoms with Crippen LogP contribution in [0.5, 0.6) is 5.75 Å². The first kappa shape index (κ1) is 11.9. The van der Waals surface area contributed by atoms with Gasteiger partial charge in [0.25, 0.3) is 0 Å². The zero-order chi connectivity index (χ0) is 12.3. The van der Waals surface area contributed by atoms with Gasteiger partial charge in [-0.2, -0.15) is 0 Å². The molecular weight excluding hydrogens is 212 g/mol. The molecule has 0 amide bonds. The van der Waals surface area contributed by atoms with Crippen molar-refractivity contribution in [2.45, 2.75) is 25.7 Å². The summed E-state index contributed by atoms with van der Waals surface area (Å²) in [5, 5.41) is 0. The maximum Gasteiger partial charge on any atom is 0.163 e. The second-order valence-corrected chi connectivity index (χ2v) is 4.59. The first-order chi connectivity index (χ1) is 8.24. The zero-order valence-electron chi connectivity index (χ0n) is 10.2. The highest BCUT2D eigenvalue weighted by molar-refractivity contribution is 5.99. The molecule has 1 aliphatic carbocycles. The van der Waals surface area contributed by atoms with Gasteiger partial charge in [0.2, 0.25) is 0 Å². The predicted molar refractivity (Wildman–Crippen MR) is 68.6 cm³/mol. The number of methoxy groups -OCH3 is 1. The molecular formula is C15H18O2. The van der Waals surface area contributed by atoms with E-state index in [4.69, 9.17) is 4.74 Å². The number of allylic oxidation sites excluding steroid dienone is 1. The van der Waals surface area contributed by atoms with E-state index < -0.39 is 0 Å². The molecule has 0 fully saturated rings. The number of hydrogen-bond donors (Lipinski definition) is 0. The van der Waals surface area contributed by atoms with Gasteiger partial charge in [0.1, 0.15) is 5.75 Å². The predicted octanol–water partition coefficient (Wildman–Crippen LogP) is 3.41. The summed E-state index contributed by atoms with van der Waals surface area (Å²) in [6, 6.07) is 5.81. The van der Waals surface area contributed by atoms with E-state index in [1.54, 1.807) is 7.11 Å². The third-order valence-electron chi connectivity index (χ3n) is 3.38. The summed E-state index contributed by atoms with van der Waals surface area (Å²) in [6.45, 7) is 3.73. The SMILES string of the molecule is C=CCCC1CC(=O)c2cc(OC)ccc2C1. The van der Waals surface area contributed by atoms with Crippen LogP contribution in [0.4, 0.5) is 0 Å². The fraction of sp³-hybridized carbons (Fsp3) is 0.400. The summed E-state index contributed by atoms with van der Waals surface area (Å²) in [6.07, 6.45) is 5.63. The Balaban J connectivity index is 2.19. The molecule has 1 aromatic carbocycles. The Morgan fingerprint density at radius 3 is 3.00 bits per heavy atom. The lowest BCUT2D eigenvalue weighted by atomic mass is 9.81. The molecule has 0 saturated carbocycles. The number of ether oxygens (including phenoxy) is 1.